The minimum absolute atomic E-state index is 0.0273. The highest BCUT2D eigenvalue weighted by atomic mass is 14.5. The van der Waals surface area contributed by atoms with Crippen molar-refractivity contribution < 1.29 is 5.48 Å². The lowest BCUT2D eigenvalue weighted by Crippen LogP contribution is -2.24. The van der Waals surface area contributed by atoms with Crippen molar-refractivity contribution in [2.75, 3.05) is 0 Å². The number of fused-ring (bicyclic) bond motifs is 2. The van der Waals surface area contributed by atoms with Gasteiger partial charge in [-0.1, -0.05) is 20.8 Å². The van der Waals surface area contributed by atoms with Crippen molar-refractivity contribution in [2.24, 2.45) is 23.2 Å². The highest BCUT2D eigenvalue weighted by molar-refractivity contribution is 4.96. The van der Waals surface area contributed by atoms with Crippen LogP contribution in [0, 0.1) is 23.2 Å². The molecule has 4 unspecified atom stereocenters. The second-order valence-corrected chi connectivity index (χ2v) is 4.82. The van der Waals surface area contributed by atoms with Crippen LogP contribution >= 0.6 is 0 Å². The molecule has 2 fully saturated rings. The summed E-state index contributed by atoms with van der Waals surface area (Å²) in [5, 5.41) is 0. The van der Waals surface area contributed by atoms with E-state index in [1.807, 2.05) is 0 Å². The molecule has 0 aromatic heterocycles. The minimum Gasteiger partial charge on any atom is -0.0599 e. The quantitative estimate of drug-likeness (QED) is 0.504. The van der Waals surface area contributed by atoms with Gasteiger partial charge < -0.3 is 0 Å². The Morgan fingerprint density at radius 1 is 1.00 bits per heavy atom. The van der Waals surface area contributed by atoms with E-state index in [1.165, 1.54) is 0 Å². The Bertz CT molecular complexity index is 224. The van der Waals surface area contributed by atoms with E-state index in [0.717, 1.165) is 0 Å². The first-order valence-electron chi connectivity index (χ1n) is 6.76. The first-order chi connectivity index (χ1) is 6.76. The van der Waals surface area contributed by atoms with E-state index < -0.39 is 25.6 Å². The van der Waals surface area contributed by atoms with Gasteiger partial charge in [0, 0.05) is 5.48 Å². The zero-order chi connectivity index (χ0) is 11.5. The standard InChI is InChI=1S/C11H20/c1-11(2,3)10-8-4-5-9(10)7-6-8/h8-10H,4-7H2,1-3H3/i4D,5D,6D,7D. The van der Waals surface area contributed by atoms with E-state index in [-0.39, 0.29) is 23.2 Å². The van der Waals surface area contributed by atoms with Crippen molar-refractivity contribution >= 4 is 0 Å². The third-order valence-corrected chi connectivity index (χ3v) is 2.94. The second-order valence-electron chi connectivity index (χ2n) is 4.82. The maximum atomic E-state index is 7.97. The van der Waals surface area contributed by atoms with Crippen LogP contribution in [-0.4, -0.2) is 0 Å². The van der Waals surface area contributed by atoms with E-state index >= 15 is 0 Å². The molecule has 2 rings (SSSR count). The number of hydrogen-bond donors (Lipinski definition) is 0. The fourth-order valence-electron chi connectivity index (χ4n) is 2.53. The molecule has 4 atom stereocenters. The van der Waals surface area contributed by atoms with Gasteiger partial charge in [-0.2, -0.15) is 0 Å². The van der Waals surface area contributed by atoms with Gasteiger partial charge in [-0.3, -0.25) is 0 Å². The second kappa shape index (κ2) is 2.24. The maximum Gasteiger partial charge on any atom is 0.0270 e. The third-order valence-electron chi connectivity index (χ3n) is 2.94. The fraction of sp³-hybridized carbons (Fsp3) is 1.00. The Morgan fingerprint density at radius 3 is 1.55 bits per heavy atom. The zero-order valence-electron chi connectivity index (χ0n) is 11.5. The van der Waals surface area contributed by atoms with Crippen molar-refractivity contribution in [2.45, 2.75) is 46.4 Å². The lowest BCUT2D eigenvalue weighted by atomic mass is 9.75. The van der Waals surface area contributed by atoms with Gasteiger partial charge in [0.05, 0.1) is 0 Å². The summed E-state index contributed by atoms with van der Waals surface area (Å²) in [6, 6.07) is 0. The molecule has 11 heavy (non-hydrogen) atoms. The highest BCUT2D eigenvalue weighted by Gasteiger charge is 2.46. The summed E-state index contributed by atoms with van der Waals surface area (Å²) in [4.78, 5) is 0. The van der Waals surface area contributed by atoms with Gasteiger partial charge in [-0.15, -0.1) is 0 Å². The zero-order valence-corrected chi connectivity index (χ0v) is 7.54. The number of rotatable bonds is 0. The predicted molar refractivity (Wildman–Crippen MR) is 48.4 cm³/mol. The van der Waals surface area contributed by atoms with Crippen LogP contribution in [0.4, 0.5) is 0 Å². The Hall–Kier alpha value is 0. The summed E-state index contributed by atoms with van der Waals surface area (Å²) in [5.41, 5.74) is 0.0273. The lowest BCUT2D eigenvalue weighted by molar-refractivity contribution is 0.182. The molecule has 0 N–H and O–H groups in total. The van der Waals surface area contributed by atoms with E-state index in [9.17, 15) is 0 Å². The summed E-state index contributed by atoms with van der Waals surface area (Å²) in [6.07, 6.45) is -1.77. The molecular formula is C11H20. The number of hydrogen-bond acceptors (Lipinski definition) is 0. The molecule has 2 aliphatic rings. The van der Waals surface area contributed by atoms with Crippen LogP contribution < -0.4 is 0 Å². The van der Waals surface area contributed by atoms with E-state index in [1.54, 1.807) is 0 Å². The summed E-state index contributed by atoms with van der Waals surface area (Å²) in [5.74, 6) is 0.104. The predicted octanol–water partition coefficient (Wildman–Crippen LogP) is 3.47. The topological polar surface area (TPSA) is 0 Å². The molecule has 2 bridgehead atoms. The molecule has 2 saturated carbocycles. The molecule has 2 aliphatic carbocycles. The molecule has 0 aliphatic heterocycles. The van der Waals surface area contributed by atoms with Crippen LogP contribution in [0.5, 0.6) is 0 Å². The van der Waals surface area contributed by atoms with E-state index in [4.69, 9.17) is 5.48 Å². The van der Waals surface area contributed by atoms with Gasteiger partial charge in [0.15, 0.2) is 0 Å². The smallest absolute Gasteiger partial charge is 0.0270 e. The molecule has 0 aromatic rings. The normalized spacial score (nSPS) is 75.4. The Labute approximate surface area is 76.0 Å². The Morgan fingerprint density at radius 2 is 1.36 bits per heavy atom. The van der Waals surface area contributed by atoms with Crippen LogP contribution in [0.15, 0.2) is 0 Å². The lowest BCUT2D eigenvalue weighted by Gasteiger charge is -2.31. The van der Waals surface area contributed by atoms with Crippen molar-refractivity contribution in [1.29, 1.82) is 0 Å². The average molecular weight is 156 g/mol. The van der Waals surface area contributed by atoms with E-state index in [0.29, 0.717) is 0 Å². The molecule has 0 nitrogen and oxygen atoms in total. The molecular weight excluding hydrogens is 132 g/mol. The molecule has 0 saturated heterocycles. The first kappa shape index (κ1) is 4.30. The monoisotopic (exact) mass is 156 g/mol. The fourth-order valence-corrected chi connectivity index (χ4v) is 2.53. The summed E-state index contributed by atoms with van der Waals surface area (Å²) in [7, 11) is 0. The third kappa shape index (κ3) is 1.11. The molecule has 0 amide bonds. The Kier molecular flexibility index (Phi) is 0.876. The molecule has 0 heteroatoms. The van der Waals surface area contributed by atoms with Gasteiger partial charge in [0.1, 0.15) is 0 Å². The summed E-state index contributed by atoms with van der Waals surface area (Å²) in [6.45, 7) is 6.35. The van der Waals surface area contributed by atoms with Crippen molar-refractivity contribution in [1.82, 2.24) is 0 Å². The first-order valence-corrected chi connectivity index (χ1v) is 4.46. The molecule has 0 heterocycles. The van der Waals surface area contributed by atoms with Crippen LogP contribution in [0.3, 0.4) is 0 Å². The van der Waals surface area contributed by atoms with Crippen LogP contribution in [0.1, 0.15) is 51.8 Å². The van der Waals surface area contributed by atoms with Gasteiger partial charge in [-0.25, -0.2) is 0 Å². The van der Waals surface area contributed by atoms with Crippen LogP contribution in [0.25, 0.3) is 0 Å². The Balaban J connectivity index is 2.36. The maximum absolute atomic E-state index is 7.97. The van der Waals surface area contributed by atoms with Crippen molar-refractivity contribution in [3.63, 3.8) is 0 Å². The van der Waals surface area contributed by atoms with E-state index in [2.05, 4.69) is 20.8 Å². The van der Waals surface area contributed by atoms with Crippen molar-refractivity contribution in [3.05, 3.63) is 0 Å². The van der Waals surface area contributed by atoms with Crippen LogP contribution in [-0.2, 0) is 0 Å². The summed E-state index contributed by atoms with van der Waals surface area (Å²) < 4.78 is 31.9. The minimum atomic E-state index is -0.441. The molecule has 0 radical (unpaired) electrons. The van der Waals surface area contributed by atoms with Gasteiger partial charge in [-0.05, 0) is 48.8 Å². The SMILES string of the molecule is [2H]C1C([2H])C2C([2H])C([2H])C1C2C(C)(C)C. The molecule has 0 spiro atoms. The van der Waals surface area contributed by atoms with Gasteiger partial charge >= 0.3 is 0 Å². The van der Waals surface area contributed by atoms with Crippen molar-refractivity contribution in [3.8, 4) is 0 Å². The average Bonchev–Trinajstić information content (AvgIpc) is 2.50. The van der Waals surface area contributed by atoms with Crippen LogP contribution in [0.2, 0.25) is 0 Å². The highest BCUT2D eigenvalue weighted by Crippen LogP contribution is 2.55. The van der Waals surface area contributed by atoms with Gasteiger partial charge in [0.25, 0.3) is 0 Å². The largest absolute Gasteiger partial charge is 0.0599 e. The van der Waals surface area contributed by atoms with Gasteiger partial charge in [0.2, 0.25) is 0 Å². The molecule has 64 valence electrons. The molecule has 0 aromatic carbocycles. The summed E-state index contributed by atoms with van der Waals surface area (Å²) >= 11 is 0.